The predicted molar refractivity (Wildman–Crippen MR) is 82.8 cm³/mol. The molecule has 3 rings (SSSR count). The maximum atomic E-state index is 12.6. The molecule has 1 saturated heterocycles. The van der Waals surface area contributed by atoms with Crippen LogP contribution in [0, 0.1) is 0 Å². The van der Waals surface area contributed by atoms with Crippen LogP contribution in [-0.4, -0.2) is 59.7 Å². The van der Waals surface area contributed by atoms with Crippen molar-refractivity contribution in [3.05, 3.63) is 23.8 Å². The Morgan fingerprint density at radius 2 is 2.13 bits per heavy atom. The SMILES string of the molecule is CN(Cc1ccc2nonc2c1)C(=O)[C@@H]1CCCN1S(C)(=O)=O. The molecule has 9 heteroatoms. The van der Waals surface area contributed by atoms with Crippen LogP contribution < -0.4 is 0 Å². The zero-order chi connectivity index (χ0) is 16.6. The summed E-state index contributed by atoms with van der Waals surface area (Å²) < 4.78 is 29.5. The van der Waals surface area contributed by atoms with Crippen molar-refractivity contribution >= 4 is 27.0 Å². The van der Waals surface area contributed by atoms with Crippen LogP contribution in [-0.2, 0) is 21.4 Å². The van der Waals surface area contributed by atoms with Crippen LogP contribution in [0.3, 0.4) is 0 Å². The Morgan fingerprint density at radius 1 is 1.39 bits per heavy atom. The number of fused-ring (bicyclic) bond motifs is 1. The van der Waals surface area contributed by atoms with Gasteiger partial charge in [0.1, 0.15) is 17.1 Å². The van der Waals surface area contributed by atoms with Crippen molar-refractivity contribution < 1.29 is 17.8 Å². The Kier molecular flexibility index (Phi) is 4.07. The summed E-state index contributed by atoms with van der Waals surface area (Å²) in [5.41, 5.74) is 2.16. The number of benzene rings is 1. The molecule has 0 N–H and O–H groups in total. The second kappa shape index (κ2) is 5.89. The fourth-order valence-corrected chi connectivity index (χ4v) is 4.03. The first-order valence-electron chi connectivity index (χ1n) is 7.29. The molecule has 1 aliphatic rings. The summed E-state index contributed by atoms with van der Waals surface area (Å²) in [5, 5.41) is 7.51. The summed E-state index contributed by atoms with van der Waals surface area (Å²) in [6.07, 6.45) is 2.40. The van der Waals surface area contributed by atoms with Crippen LogP contribution >= 0.6 is 0 Å². The lowest BCUT2D eigenvalue weighted by atomic mass is 10.1. The summed E-state index contributed by atoms with van der Waals surface area (Å²) in [4.78, 5) is 14.1. The lowest BCUT2D eigenvalue weighted by molar-refractivity contribution is -0.133. The van der Waals surface area contributed by atoms with Crippen molar-refractivity contribution in [3.8, 4) is 0 Å². The van der Waals surface area contributed by atoms with E-state index in [1.807, 2.05) is 6.07 Å². The molecule has 0 saturated carbocycles. The van der Waals surface area contributed by atoms with E-state index in [0.717, 1.165) is 11.8 Å². The van der Waals surface area contributed by atoms with E-state index in [2.05, 4.69) is 14.9 Å². The molecule has 2 aromatic rings. The summed E-state index contributed by atoms with van der Waals surface area (Å²) in [7, 11) is -1.70. The van der Waals surface area contributed by atoms with E-state index in [0.29, 0.717) is 37.0 Å². The van der Waals surface area contributed by atoms with Crippen LogP contribution in [0.5, 0.6) is 0 Å². The third-order valence-electron chi connectivity index (χ3n) is 4.03. The molecule has 2 heterocycles. The van der Waals surface area contributed by atoms with E-state index < -0.39 is 16.1 Å². The second-order valence-electron chi connectivity index (χ2n) is 5.81. The Labute approximate surface area is 134 Å². The molecular weight excluding hydrogens is 320 g/mol. The summed E-state index contributed by atoms with van der Waals surface area (Å²) in [6, 6.07) is 4.82. The summed E-state index contributed by atoms with van der Waals surface area (Å²) in [5.74, 6) is -0.189. The maximum absolute atomic E-state index is 12.6. The molecule has 124 valence electrons. The average molecular weight is 338 g/mol. The number of carbonyl (C=O) groups is 1. The van der Waals surface area contributed by atoms with Crippen molar-refractivity contribution in [1.82, 2.24) is 19.5 Å². The minimum absolute atomic E-state index is 0.189. The first kappa shape index (κ1) is 15.9. The van der Waals surface area contributed by atoms with Crippen LogP contribution in [0.1, 0.15) is 18.4 Å². The number of rotatable bonds is 4. The van der Waals surface area contributed by atoms with Gasteiger partial charge in [-0.1, -0.05) is 6.07 Å². The molecule has 1 fully saturated rings. The fraction of sp³-hybridized carbons (Fsp3) is 0.500. The van der Waals surface area contributed by atoms with E-state index in [-0.39, 0.29) is 5.91 Å². The highest BCUT2D eigenvalue weighted by molar-refractivity contribution is 7.88. The first-order chi connectivity index (χ1) is 10.9. The third-order valence-corrected chi connectivity index (χ3v) is 5.32. The molecule has 1 aromatic carbocycles. The first-order valence-corrected chi connectivity index (χ1v) is 9.14. The monoisotopic (exact) mass is 338 g/mol. The molecule has 1 aromatic heterocycles. The lowest BCUT2D eigenvalue weighted by Crippen LogP contribution is -2.45. The van der Waals surface area contributed by atoms with Crippen molar-refractivity contribution in [3.63, 3.8) is 0 Å². The number of hydrogen-bond acceptors (Lipinski definition) is 6. The number of amides is 1. The molecule has 1 aliphatic heterocycles. The van der Waals surface area contributed by atoms with Gasteiger partial charge in [0.25, 0.3) is 0 Å². The van der Waals surface area contributed by atoms with E-state index in [9.17, 15) is 13.2 Å². The Bertz CT molecular complexity index is 832. The van der Waals surface area contributed by atoms with Crippen molar-refractivity contribution in [2.45, 2.75) is 25.4 Å². The normalized spacial score (nSPS) is 19.3. The molecule has 1 amide bonds. The van der Waals surface area contributed by atoms with E-state index in [4.69, 9.17) is 0 Å². The molecule has 0 aliphatic carbocycles. The van der Waals surface area contributed by atoms with Gasteiger partial charge in [-0.2, -0.15) is 4.31 Å². The zero-order valence-electron chi connectivity index (χ0n) is 13.0. The van der Waals surface area contributed by atoms with Gasteiger partial charge in [-0.15, -0.1) is 0 Å². The Balaban J connectivity index is 1.74. The van der Waals surface area contributed by atoms with Gasteiger partial charge in [0.05, 0.1) is 6.26 Å². The average Bonchev–Trinajstić information content (AvgIpc) is 3.14. The maximum Gasteiger partial charge on any atom is 0.241 e. The van der Waals surface area contributed by atoms with Crippen LogP contribution in [0.2, 0.25) is 0 Å². The minimum atomic E-state index is -3.37. The predicted octanol–water partition coefficient (Wildman–Crippen LogP) is 0.605. The van der Waals surface area contributed by atoms with Crippen LogP contribution in [0.25, 0.3) is 11.0 Å². The molecule has 0 spiro atoms. The minimum Gasteiger partial charge on any atom is -0.340 e. The molecule has 0 radical (unpaired) electrons. The number of carbonyl (C=O) groups excluding carboxylic acids is 1. The number of hydrogen-bond donors (Lipinski definition) is 0. The number of sulfonamides is 1. The van der Waals surface area contributed by atoms with Crippen molar-refractivity contribution in [2.24, 2.45) is 0 Å². The van der Waals surface area contributed by atoms with Gasteiger partial charge in [0.15, 0.2) is 0 Å². The highest BCUT2D eigenvalue weighted by Crippen LogP contribution is 2.22. The molecule has 8 nitrogen and oxygen atoms in total. The van der Waals surface area contributed by atoms with Gasteiger partial charge < -0.3 is 4.90 Å². The van der Waals surface area contributed by atoms with Gasteiger partial charge in [-0.3, -0.25) is 4.79 Å². The van der Waals surface area contributed by atoms with Gasteiger partial charge in [0.2, 0.25) is 15.9 Å². The van der Waals surface area contributed by atoms with Gasteiger partial charge in [0, 0.05) is 20.1 Å². The zero-order valence-corrected chi connectivity index (χ0v) is 13.8. The highest BCUT2D eigenvalue weighted by Gasteiger charge is 2.37. The second-order valence-corrected chi connectivity index (χ2v) is 7.75. The molecule has 0 bridgehead atoms. The number of aromatic nitrogens is 2. The van der Waals surface area contributed by atoms with Gasteiger partial charge >= 0.3 is 0 Å². The molecule has 23 heavy (non-hydrogen) atoms. The number of nitrogens with zero attached hydrogens (tertiary/aromatic N) is 4. The van der Waals surface area contributed by atoms with Crippen molar-refractivity contribution in [1.29, 1.82) is 0 Å². The van der Waals surface area contributed by atoms with Crippen LogP contribution in [0.4, 0.5) is 0 Å². The van der Waals surface area contributed by atoms with E-state index >= 15 is 0 Å². The number of likely N-dealkylation sites (N-methyl/N-ethyl adjacent to an activating group) is 1. The molecule has 1 atom stereocenters. The Hall–Kier alpha value is -2.00. The van der Waals surface area contributed by atoms with E-state index in [1.165, 1.54) is 4.31 Å². The quantitative estimate of drug-likeness (QED) is 0.810. The fourth-order valence-electron chi connectivity index (χ4n) is 2.92. The molecular formula is C14H18N4O4S. The van der Waals surface area contributed by atoms with Crippen LogP contribution in [0.15, 0.2) is 22.8 Å². The van der Waals surface area contributed by atoms with E-state index in [1.54, 1.807) is 24.1 Å². The largest absolute Gasteiger partial charge is 0.340 e. The summed E-state index contributed by atoms with van der Waals surface area (Å²) >= 11 is 0. The smallest absolute Gasteiger partial charge is 0.241 e. The topological polar surface area (TPSA) is 96.6 Å². The Morgan fingerprint density at radius 3 is 2.87 bits per heavy atom. The summed E-state index contributed by atoms with van der Waals surface area (Å²) in [6.45, 7) is 0.773. The van der Waals surface area contributed by atoms with Gasteiger partial charge in [-0.05, 0) is 40.9 Å². The van der Waals surface area contributed by atoms with Gasteiger partial charge in [-0.25, -0.2) is 13.0 Å². The lowest BCUT2D eigenvalue weighted by Gasteiger charge is -2.26. The standard InChI is InChI=1S/C14H18N4O4S/c1-17(9-10-5-6-11-12(8-10)16-22-15-11)14(19)13-4-3-7-18(13)23(2,20)21/h5-6,8,13H,3-4,7,9H2,1-2H3/t13-/m0/s1. The third kappa shape index (κ3) is 3.20. The highest BCUT2D eigenvalue weighted by atomic mass is 32.2. The molecule has 0 unspecified atom stereocenters. The van der Waals surface area contributed by atoms with Crippen molar-refractivity contribution in [2.75, 3.05) is 19.8 Å².